The van der Waals surface area contributed by atoms with Gasteiger partial charge in [0.25, 0.3) is 5.56 Å². The minimum absolute atomic E-state index is 0.0519. The van der Waals surface area contributed by atoms with E-state index in [2.05, 4.69) is 10.2 Å². The van der Waals surface area contributed by atoms with E-state index in [0.29, 0.717) is 23.9 Å². The Morgan fingerprint density at radius 3 is 2.40 bits per heavy atom. The normalized spacial score (nSPS) is 11.1. The maximum absolute atomic E-state index is 12.8. The molecule has 0 amide bonds. The topological polar surface area (TPSA) is 118 Å². The summed E-state index contributed by atoms with van der Waals surface area (Å²) < 4.78 is 3.97. The Morgan fingerprint density at radius 2 is 1.77 bits per heavy atom. The van der Waals surface area contributed by atoms with Crippen molar-refractivity contribution in [2.24, 2.45) is 14.1 Å². The van der Waals surface area contributed by atoms with E-state index in [1.807, 2.05) is 45.2 Å². The fraction of sp³-hybridized carbons (Fsp3) is 0.350. The van der Waals surface area contributed by atoms with E-state index in [1.165, 1.54) is 11.6 Å². The molecule has 0 aliphatic rings. The SMILES string of the molecule is CCCn1c(N)c(C(=O)CSc2nnc(-c3ccc(C)cc3)n2C)c(=O)n(C)c1=O. The number of Topliss-reactive ketones (excluding diaryl/α,β-unsaturated/α-hetero) is 1. The highest BCUT2D eigenvalue weighted by atomic mass is 32.2. The molecule has 0 fully saturated rings. The van der Waals surface area contributed by atoms with E-state index in [9.17, 15) is 14.4 Å². The van der Waals surface area contributed by atoms with Crippen molar-refractivity contribution in [3.05, 3.63) is 56.2 Å². The molecule has 0 aliphatic carbocycles. The van der Waals surface area contributed by atoms with Crippen LogP contribution in [0.1, 0.15) is 29.3 Å². The molecule has 0 bridgehead atoms. The summed E-state index contributed by atoms with van der Waals surface area (Å²) in [6.45, 7) is 4.22. The average molecular weight is 429 g/mol. The molecule has 3 aromatic rings. The van der Waals surface area contributed by atoms with Crippen LogP contribution in [0.4, 0.5) is 5.82 Å². The number of hydrogen-bond donors (Lipinski definition) is 1. The van der Waals surface area contributed by atoms with Crippen LogP contribution >= 0.6 is 11.8 Å². The highest BCUT2D eigenvalue weighted by Gasteiger charge is 2.22. The molecule has 0 aliphatic heterocycles. The van der Waals surface area contributed by atoms with Crippen molar-refractivity contribution in [1.29, 1.82) is 0 Å². The largest absolute Gasteiger partial charge is 0.384 e. The minimum atomic E-state index is -0.686. The molecule has 0 spiro atoms. The fourth-order valence-electron chi connectivity index (χ4n) is 3.08. The number of aryl methyl sites for hydroxylation is 1. The number of rotatable bonds is 7. The fourth-order valence-corrected chi connectivity index (χ4v) is 3.87. The highest BCUT2D eigenvalue weighted by Crippen LogP contribution is 2.23. The third-order valence-electron chi connectivity index (χ3n) is 4.79. The van der Waals surface area contributed by atoms with Gasteiger partial charge in [0, 0.05) is 26.2 Å². The van der Waals surface area contributed by atoms with Crippen LogP contribution in [0, 0.1) is 6.92 Å². The number of carbonyl (C=O) groups excluding carboxylic acids is 1. The number of carbonyl (C=O) groups is 1. The lowest BCUT2D eigenvalue weighted by atomic mass is 10.1. The first-order valence-electron chi connectivity index (χ1n) is 9.48. The third kappa shape index (κ3) is 3.95. The van der Waals surface area contributed by atoms with E-state index < -0.39 is 17.0 Å². The van der Waals surface area contributed by atoms with Crippen molar-refractivity contribution < 1.29 is 4.79 Å². The lowest BCUT2D eigenvalue weighted by Gasteiger charge is -2.13. The molecule has 0 radical (unpaired) electrons. The molecule has 0 atom stereocenters. The highest BCUT2D eigenvalue weighted by molar-refractivity contribution is 7.99. The summed E-state index contributed by atoms with van der Waals surface area (Å²) in [5, 5.41) is 8.91. The number of nitrogens with zero attached hydrogens (tertiary/aromatic N) is 5. The molecule has 2 aromatic heterocycles. The zero-order valence-electron chi connectivity index (χ0n) is 17.4. The Hall–Kier alpha value is -3.14. The van der Waals surface area contributed by atoms with Gasteiger partial charge in [-0.05, 0) is 13.3 Å². The Bertz CT molecular complexity index is 1210. The summed E-state index contributed by atoms with van der Waals surface area (Å²) in [5.41, 5.74) is 6.69. The number of nitrogens with two attached hydrogens (primary N) is 1. The van der Waals surface area contributed by atoms with Crippen LogP contribution in [0.15, 0.2) is 39.0 Å². The number of anilines is 1. The molecule has 3 rings (SSSR count). The van der Waals surface area contributed by atoms with Crippen molar-refractivity contribution in [2.75, 3.05) is 11.5 Å². The second kappa shape index (κ2) is 8.70. The van der Waals surface area contributed by atoms with Crippen molar-refractivity contribution in [3.63, 3.8) is 0 Å². The van der Waals surface area contributed by atoms with Gasteiger partial charge in [-0.15, -0.1) is 10.2 Å². The Morgan fingerprint density at radius 1 is 1.10 bits per heavy atom. The predicted octanol–water partition coefficient (Wildman–Crippen LogP) is 1.62. The lowest BCUT2D eigenvalue weighted by Crippen LogP contribution is -2.42. The summed E-state index contributed by atoms with van der Waals surface area (Å²) in [6.07, 6.45) is 0.644. The summed E-state index contributed by atoms with van der Waals surface area (Å²) in [4.78, 5) is 37.6. The van der Waals surface area contributed by atoms with Crippen molar-refractivity contribution in [2.45, 2.75) is 32.0 Å². The molecule has 1 aromatic carbocycles. The standard InChI is InChI=1S/C20H24N6O3S/c1-5-10-26-16(21)15(18(28)25(4)20(26)29)14(27)11-30-19-23-22-17(24(19)3)13-8-6-12(2)7-9-13/h6-9H,5,10-11,21H2,1-4H3. The zero-order valence-corrected chi connectivity index (χ0v) is 18.2. The number of ketones is 1. The summed E-state index contributed by atoms with van der Waals surface area (Å²) >= 11 is 1.16. The van der Waals surface area contributed by atoms with E-state index in [4.69, 9.17) is 5.73 Å². The van der Waals surface area contributed by atoms with E-state index >= 15 is 0 Å². The maximum Gasteiger partial charge on any atom is 0.332 e. The first-order valence-corrected chi connectivity index (χ1v) is 10.5. The maximum atomic E-state index is 12.8. The summed E-state index contributed by atoms with van der Waals surface area (Å²) in [7, 11) is 3.16. The zero-order chi connectivity index (χ0) is 22.0. The lowest BCUT2D eigenvalue weighted by molar-refractivity contribution is 0.102. The number of hydrogen-bond acceptors (Lipinski definition) is 7. The summed E-state index contributed by atoms with van der Waals surface area (Å²) in [6, 6.07) is 7.90. The Kier molecular flexibility index (Phi) is 6.25. The van der Waals surface area contributed by atoms with Crippen LogP contribution in [0.5, 0.6) is 0 Å². The molecule has 2 heterocycles. The van der Waals surface area contributed by atoms with Crippen LogP contribution in [-0.4, -0.2) is 35.4 Å². The van der Waals surface area contributed by atoms with Crippen LogP contribution in [0.3, 0.4) is 0 Å². The predicted molar refractivity (Wildman–Crippen MR) is 117 cm³/mol. The molecular formula is C20H24N6O3S. The van der Waals surface area contributed by atoms with E-state index in [-0.39, 0.29) is 17.1 Å². The van der Waals surface area contributed by atoms with Gasteiger partial charge in [-0.2, -0.15) is 0 Å². The van der Waals surface area contributed by atoms with Gasteiger partial charge in [0.15, 0.2) is 16.8 Å². The quantitative estimate of drug-likeness (QED) is 0.449. The molecule has 2 N–H and O–H groups in total. The van der Waals surface area contributed by atoms with Gasteiger partial charge in [-0.25, -0.2) is 4.79 Å². The Balaban J connectivity index is 1.86. The second-order valence-electron chi connectivity index (χ2n) is 7.00. The first kappa shape index (κ1) is 21.6. The van der Waals surface area contributed by atoms with Gasteiger partial charge >= 0.3 is 5.69 Å². The van der Waals surface area contributed by atoms with Crippen LogP contribution in [0.25, 0.3) is 11.4 Å². The molecule has 9 nitrogen and oxygen atoms in total. The molecule has 0 saturated carbocycles. The van der Waals surface area contributed by atoms with Crippen LogP contribution in [-0.2, 0) is 20.6 Å². The molecule has 30 heavy (non-hydrogen) atoms. The summed E-state index contributed by atoms with van der Waals surface area (Å²) in [5.74, 6) is 0.0810. The monoisotopic (exact) mass is 428 g/mol. The molecule has 0 unspecified atom stereocenters. The number of aromatic nitrogens is 5. The molecule has 158 valence electrons. The minimum Gasteiger partial charge on any atom is -0.384 e. The third-order valence-corrected chi connectivity index (χ3v) is 5.81. The average Bonchev–Trinajstić information content (AvgIpc) is 3.09. The van der Waals surface area contributed by atoms with Gasteiger partial charge in [-0.1, -0.05) is 48.5 Å². The van der Waals surface area contributed by atoms with Gasteiger partial charge < -0.3 is 10.3 Å². The van der Waals surface area contributed by atoms with Crippen molar-refractivity contribution >= 4 is 23.4 Å². The molecule has 10 heteroatoms. The first-order chi connectivity index (χ1) is 14.3. The number of thioether (sulfide) groups is 1. The van der Waals surface area contributed by atoms with Crippen LogP contribution in [0.2, 0.25) is 0 Å². The van der Waals surface area contributed by atoms with E-state index in [0.717, 1.165) is 27.5 Å². The number of benzene rings is 1. The smallest absolute Gasteiger partial charge is 0.332 e. The molecular weight excluding hydrogens is 404 g/mol. The second-order valence-corrected chi connectivity index (χ2v) is 7.94. The van der Waals surface area contributed by atoms with Gasteiger partial charge in [0.2, 0.25) is 0 Å². The van der Waals surface area contributed by atoms with Crippen molar-refractivity contribution in [1.82, 2.24) is 23.9 Å². The van der Waals surface area contributed by atoms with Crippen molar-refractivity contribution in [3.8, 4) is 11.4 Å². The Labute approximate surface area is 177 Å². The van der Waals surface area contributed by atoms with E-state index in [1.54, 1.807) is 4.57 Å². The number of nitrogen functional groups attached to an aromatic ring is 1. The molecule has 0 saturated heterocycles. The van der Waals surface area contributed by atoms with Gasteiger partial charge in [0.05, 0.1) is 5.75 Å². The van der Waals surface area contributed by atoms with Crippen LogP contribution < -0.4 is 17.0 Å². The van der Waals surface area contributed by atoms with Gasteiger partial charge in [-0.3, -0.25) is 18.7 Å². The van der Waals surface area contributed by atoms with Gasteiger partial charge in [0.1, 0.15) is 11.4 Å².